The number of benzene rings is 2. The van der Waals surface area contributed by atoms with Crippen LogP contribution in [-0.4, -0.2) is 22.1 Å². The number of rotatable bonds is 4. The van der Waals surface area contributed by atoms with Crippen LogP contribution in [0.15, 0.2) is 65.1 Å². The molecule has 0 fully saturated rings. The Labute approximate surface area is 170 Å². The second-order valence-electron chi connectivity index (χ2n) is 6.04. The van der Waals surface area contributed by atoms with E-state index in [2.05, 4.69) is 20.5 Å². The summed E-state index contributed by atoms with van der Waals surface area (Å²) in [5.41, 5.74) is 5.88. The van der Waals surface area contributed by atoms with Gasteiger partial charge in [0.2, 0.25) is 0 Å². The van der Waals surface area contributed by atoms with Crippen molar-refractivity contribution in [3.63, 3.8) is 0 Å². The Morgan fingerprint density at radius 1 is 1.14 bits per heavy atom. The van der Waals surface area contributed by atoms with Gasteiger partial charge in [-0.15, -0.1) is 11.3 Å². The molecule has 7 heteroatoms. The molecule has 4 aromatic rings. The van der Waals surface area contributed by atoms with Crippen LogP contribution in [0.4, 0.5) is 0 Å². The number of amides is 1. The fraction of sp³-hybridized carbons (Fsp3) is 0.0476. The zero-order chi connectivity index (χ0) is 19.5. The molecular weight excluding hydrogens is 392 g/mol. The highest BCUT2D eigenvalue weighted by Gasteiger charge is 2.14. The van der Waals surface area contributed by atoms with Gasteiger partial charge in [0.25, 0.3) is 5.91 Å². The maximum absolute atomic E-state index is 12.8. The number of pyridine rings is 1. The molecule has 28 heavy (non-hydrogen) atoms. The second kappa shape index (κ2) is 7.88. The van der Waals surface area contributed by atoms with Crippen LogP contribution >= 0.6 is 22.9 Å². The molecule has 0 aliphatic heterocycles. The Bertz CT molecular complexity index is 1200. The van der Waals surface area contributed by atoms with Crippen molar-refractivity contribution in [1.82, 2.24) is 15.4 Å². The fourth-order valence-corrected chi connectivity index (χ4v) is 3.62. The summed E-state index contributed by atoms with van der Waals surface area (Å²) in [6, 6.07) is 16.6. The van der Waals surface area contributed by atoms with E-state index in [0.717, 1.165) is 16.0 Å². The van der Waals surface area contributed by atoms with E-state index in [4.69, 9.17) is 11.6 Å². The first kappa shape index (κ1) is 18.3. The van der Waals surface area contributed by atoms with Crippen LogP contribution in [0.25, 0.3) is 22.2 Å². The summed E-state index contributed by atoms with van der Waals surface area (Å²) < 4.78 is 0. The number of para-hydroxylation sites is 1. The summed E-state index contributed by atoms with van der Waals surface area (Å²) >= 11 is 7.85. The highest BCUT2D eigenvalue weighted by molar-refractivity contribution is 7.09. The molecule has 0 spiro atoms. The van der Waals surface area contributed by atoms with Crippen molar-refractivity contribution >= 4 is 46.0 Å². The average molecular weight is 407 g/mol. The van der Waals surface area contributed by atoms with Gasteiger partial charge >= 0.3 is 0 Å². The third kappa shape index (κ3) is 3.78. The number of hydrogen-bond donors (Lipinski definition) is 1. The van der Waals surface area contributed by atoms with Crippen LogP contribution in [0.3, 0.4) is 0 Å². The van der Waals surface area contributed by atoms with E-state index >= 15 is 0 Å². The topological polar surface area (TPSA) is 67.2 Å². The van der Waals surface area contributed by atoms with Crippen molar-refractivity contribution in [3.8, 4) is 11.3 Å². The van der Waals surface area contributed by atoms with Gasteiger partial charge in [-0.25, -0.2) is 15.4 Å². The number of nitrogens with one attached hydrogen (secondary N) is 1. The van der Waals surface area contributed by atoms with Crippen LogP contribution in [0.1, 0.15) is 21.1 Å². The highest BCUT2D eigenvalue weighted by atomic mass is 35.5. The van der Waals surface area contributed by atoms with E-state index in [0.29, 0.717) is 27.5 Å². The molecule has 0 radical (unpaired) electrons. The number of fused-ring (bicyclic) bond motifs is 1. The number of carbonyl (C=O) groups excluding carboxylic acids is 1. The van der Waals surface area contributed by atoms with Crippen molar-refractivity contribution < 1.29 is 4.79 Å². The molecule has 0 saturated carbocycles. The summed E-state index contributed by atoms with van der Waals surface area (Å²) in [6.45, 7) is 1.92. The Morgan fingerprint density at radius 3 is 2.71 bits per heavy atom. The van der Waals surface area contributed by atoms with Crippen LogP contribution in [0.5, 0.6) is 0 Å². The molecule has 0 unspecified atom stereocenters. The van der Waals surface area contributed by atoms with Gasteiger partial charge in [-0.3, -0.25) is 4.79 Å². The van der Waals surface area contributed by atoms with Crippen LogP contribution in [0.2, 0.25) is 5.02 Å². The van der Waals surface area contributed by atoms with Crippen molar-refractivity contribution in [2.45, 2.75) is 6.92 Å². The minimum Gasteiger partial charge on any atom is -0.267 e. The second-order valence-corrected chi connectivity index (χ2v) is 7.51. The van der Waals surface area contributed by atoms with E-state index in [1.165, 1.54) is 17.6 Å². The Hall–Kier alpha value is -3.09. The Morgan fingerprint density at radius 2 is 1.93 bits per heavy atom. The molecule has 1 amide bonds. The molecule has 5 nitrogen and oxygen atoms in total. The molecule has 0 aliphatic rings. The number of aromatic nitrogens is 2. The van der Waals surface area contributed by atoms with E-state index in [1.807, 2.05) is 54.8 Å². The summed E-state index contributed by atoms with van der Waals surface area (Å²) in [7, 11) is 0. The van der Waals surface area contributed by atoms with Gasteiger partial charge in [0.15, 0.2) is 0 Å². The molecule has 0 aliphatic carbocycles. The molecule has 0 saturated heterocycles. The molecule has 4 rings (SSSR count). The number of hydrazone groups is 1. The summed E-state index contributed by atoms with van der Waals surface area (Å²) in [5.74, 6) is -0.324. The van der Waals surface area contributed by atoms with E-state index in [9.17, 15) is 4.79 Å². The number of carbonyl (C=O) groups is 1. The lowest BCUT2D eigenvalue weighted by molar-refractivity contribution is 0.0956. The first-order chi connectivity index (χ1) is 13.6. The molecule has 0 bridgehead atoms. The van der Waals surface area contributed by atoms with E-state index in [-0.39, 0.29) is 5.91 Å². The summed E-state index contributed by atoms with van der Waals surface area (Å²) in [6.07, 6.45) is 1.53. The van der Waals surface area contributed by atoms with Crippen molar-refractivity contribution in [2.75, 3.05) is 0 Å². The quantitative estimate of drug-likeness (QED) is 0.379. The molecule has 1 N–H and O–H groups in total. The first-order valence-electron chi connectivity index (χ1n) is 8.52. The van der Waals surface area contributed by atoms with Crippen molar-refractivity contribution in [1.29, 1.82) is 0 Å². The predicted molar refractivity (Wildman–Crippen MR) is 114 cm³/mol. The Kier molecular flexibility index (Phi) is 5.14. The van der Waals surface area contributed by atoms with Crippen molar-refractivity contribution in [2.24, 2.45) is 5.10 Å². The SMILES string of the molecule is Cc1nc(/C=N/NC(=O)c2cc(-c3ccccc3Cl)nc3ccccc23)cs1. The molecule has 0 atom stereocenters. The highest BCUT2D eigenvalue weighted by Crippen LogP contribution is 2.29. The minimum atomic E-state index is -0.324. The lowest BCUT2D eigenvalue weighted by Gasteiger charge is -2.10. The van der Waals surface area contributed by atoms with E-state index < -0.39 is 0 Å². The first-order valence-corrected chi connectivity index (χ1v) is 9.78. The zero-order valence-electron chi connectivity index (χ0n) is 14.9. The lowest BCUT2D eigenvalue weighted by Crippen LogP contribution is -2.18. The number of halogens is 1. The maximum Gasteiger partial charge on any atom is 0.272 e. The average Bonchev–Trinajstić information content (AvgIpc) is 3.12. The normalized spacial score (nSPS) is 11.2. The summed E-state index contributed by atoms with van der Waals surface area (Å²) in [4.78, 5) is 21.8. The molecule has 2 heterocycles. The van der Waals surface area contributed by atoms with Crippen molar-refractivity contribution in [3.05, 3.63) is 81.3 Å². The van der Waals surface area contributed by atoms with Gasteiger partial charge in [-0.05, 0) is 25.1 Å². The maximum atomic E-state index is 12.8. The van der Waals surface area contributed by atoms with Gasteiger partial charge in [-0.1, -0.05) is 48.0 Å². The van der Waals surface area contributed by atoms with Crippen LogP contribution in [-0.2, 0) is 0 Å². The largest absolute Gasteiger partial charge is 0.272 e. The number of thiazole rings is 1. The standard InChI is InChI=1S/C21H15ClN4OS/c1-13-24-14(12-28-13)11-23-26-21(27)17-10-20(16-7-2-4-8-18(16)22)25-19-9-5-3-6-15(17)19/h2-12H,1H3,(H,26,27)/b23-11+. The van der Waals surface area contributed by atoms with Crippen LogP contribution < -0.4 is 5.43 Å². The van der Waals surface area contributed by atoms with Gasteiger partial charge in [0, 0.05) is 21.4 Å². The van der Waals surface area contributed by atoms with Crippen LogP contribution in [0, 0.1) is 6.92 Å². The van der Waals surface area contributed by atoms with Gasteiger partial charge in [0.1, 0.15) is 0 Å². The molecule has 2 aromatic heterocycles. The monoisotopic (exact) mass is 406 g/mol. The zero-order valence-corrected chi connectivity index (χ0v) is 16.5. The minimum absolute atomic E-state index is 0.324. The van der Waals surface area contributed by atoms with E-state index in [1.54, 1.807) is 12.1 Å². The predicted octanol–water partition coefficient (Wildman–Crippen LogP) is 5.08. The fourth-order valence-electron chi connectivity index (χ4n) is 2.83. The number of nitrogens with zero attached hydrogens (tertiary/aromatic N) is 3. The van der Waals surface area contributed by atoms with Gasteiger partial charge < -0.3 is 0 Å². The molecule has 138 valence electrons. The van der Waals surface area contributed by atoms with Gasteiger partial charge in [-0.2, -0.15) is 5.10 Å². The number of hydrogen-bond acceptors (Lipinski definition) is 5. The smallest absolute Gasteiger partial charge is 0.267 e. The molecule has 2 aromatic carbocycles. The number of aryl methyl sites for hydroxylation is 1. The molecular formula is C21H15ClN4OS. The third-order valence-electron chi connectivity index (χ3n) is 4.11. The Balaban J connectivity index is 1.71. The van der Waals surface area contributed by atoms with Gasteiger partial charge in [0.05, 0.1) is 33.7 Å². The lowest BCUT2D eigenvalue weighted by atomic mass is 10.0. The summed E-state index contributed by atoms with van der Waals surface area (Å²) in [5, 5.41) is 8.17. The third-order valence-corrected chi connectivity index (χ3v) is 5.23.